The first-order chi connectivity index (χ1) is 46.7. The standard InChI is InChI=1S/C38H26N3OP.C26H24BN3O2.C18H14BrOP.CH4/c42-43(30-11-3-1-4-12-30,31-13-5-2-6-14-31)32-24-22-28(23-25-32)27-18-20-29(21-19-27)36-33-15-7-8-16-34(33)37-38(40-36)41-26-10-9-17-35(41)39-37;1-25(2)26(3,4)32-27(31-25)18-14-12-17(13-15-18)22-19-9-5-6-10-20(19)23-24(29-22)30-16-8-7-11-21(30)28-23;19-15-11-13-18(14-12-15)21(20,16-7-3-1-4-8-16)17-9-5-2-6-10-17;/h1-26H;5-16H,1-4H3;1-14H;1H4. The van der Waals surface area contributed by atoms with E-state index in [0.717, 1.165) is 131 Å². The summed E-state index contributed by atoms with van der Waals surface area (Å²) in [7, 11) is -6.20. The number of hydrogen-bond donors (Lipinski definition) is 0. The van der Waals surface area contributed by atoms with Gasteiger partial charge in [-0.2, -0.15) is 0 Å². The Morgan fingerprint density at radius 3 is 1.02 bits per heavy atom. The third-order valence-electron chi connectivity index (χ3n) is 18.4. The van der Waals surface area contributed by atoms with Crippen LogP contribution in [-0.4, -0.2) is 47.1 Å². The maximum absolute atomic E-state index is 14.7. The molecule has 0 aliphatic carbocycles. The van der Waals surface area contributed by atoms with Gasteiger partial charge in [-0.1, -0.05) is 278 Å². The highest BCUT2D eigenvalue weighted by Gasteiger charge is 2.51. The number of imidazole rings is 2. The lowest BCUT2D eigenvalue weighted by molar-refractivity contribution is 0.00578. The summed E-state index contributed by atoms with van der Waals surface area (Å²) < 4.78 is 46.1. The lowest BCUT2D eigenvalue weighted by atomic mass is 9.78. The van der Waals surface area contributed by atoms with Crippen molar-refractivity contribution in [1.82, 2.24) is 28.7 Å². The maximum atomic E-state index is 14.7. The molecule has 1 fully saturated rings. The molecular weight excluding hydrogens is 1300 g/mol. The normalized spacial score (nSPS) is 13.5. The van der Waals surface area contributed by atoms with E-state index >= 15 is 0 Å². The average Bonchev–Trinajstić information content (AvgIpc) is 1.75. The van der Waals surface area contributed by atoms with Gasteiger partial charge in [0.05, 0.1) is 22.6 Å². The van der Waals surface area contributed by atoms with E-state index in [0.29, 0.717) is 0 Å². The van der Waals surface area contributed by atoms with E-state index in [1.807, 2.05) is 221 Å². The van der Waals surface area contributed by atoms with Gasteiger partial charge in [-0.05, 0) is 92.8 Å². The molecule has 0 spiro atoms. The molecule has 1 aliphatic rings. The summed E-state index contributed by atoms with van der Waals surface area (Å²) in [4.78, 5) is 19.9. The fourth-order valence-electron chi connectivity index (χ4n) is 12.7. The predicted octanol–water partition coefficient (Wildman–Crippen LogP) is 17.7. The molecule has 10 aromatic carbocycles. The van der Waals surface area contributed by atoms with Crippen molar-refractivity contribution in [1.29, 1.82) is 0 Å². The van der Waals surface area contributed by atoms with Gasteiger partial charge in [0, 0.05) is 81.4 Å². The molecule has 6 aromatic heterocycles. The summed E-state index contributed by atoms with van der Waals surface area (Å²) in [6.07, 6.45) is 4.02. The number of rotatable bonds is 10. The van der Waals surface area contributed by atoms with E-state index in [1.165, 1.54) is 0 Å². The highest BCUT2D eigenvalue weighted by Crippen LogP contribution is 2.45. The van der Waals surface area contributed by atoms with Gasteiger partial charge < -0.3 is 18.4 Å². The van der Waals surface area contributed by atoms with Gasteiger partial charge in [0.25, 0.3) is 0 Å². The van der Waals surface area contributed by atoms with Crippen LogP contribution in [0.4, 0.5) is 0 Å². The molecule has 0 N–H and O–H groups in total. The Bertz CT molecular complexity index is 5510. The molecule has 474 valence electrons. The summed E-state index contributed by atoms with van der Waals surface area (Å²) >= 11 is 3.43. The van der Waals surface area contributed by atoms with Gasteiger partial charge in [-0.25, -0.2) is 19.9 Å². The monoisotopic (exact) mass is 1360 g/mol. The van der Waals surface area contributed by atoms with Gasteiger partial charge >= 0.3 is 7.12 Å². The van der Waals surface area contributed by atoms with E-state index < -0.39 is 14.3 Å². The summed E-state index contributed by atoms with van der Waals surface area (Å²) in [5, 5.41) is 9.42. The predicted molar refractivity (Wildman–Crippen MR) is 408 cm³/mol. The smallest absolute Gasteiger partial charge is 0.399 e. The van der Waals surface area contributed by atoms with Crippen molar-refractivity contribution < 1.29 is 18.4 Å². The second-order valence-electron chi connectivity index (χ2n) is 24.8. The van der Waals surface area contributed by atoms with Crippen molar-refractivity contribution in [3.63, 3.8) is 0 Å². The molecule has 0 atom stereocenters. The van der Waals surface area contributed by atoms with Gasteiger partial charge in [-0.3, -0.25) is 8.80 Å². The SMILES string of the molecule is C.CC1(C)OB(c2ccc(-c3nc4c(nc5ccccn54)c4ccccc34)cc2)OC1(C)C.O=P(c1ccccc1)(c1ccccc1)c1ccc(-c2ccc(-c3nc4c(nc5ccccn54)c4ccccc34)cc2)cc1.O=P(c1ccccc1)(c1ccccc1)c1ccc(Br)cc1. The van der Waals surface area contributed by atoms with E-state index in [2.05, 4.69) is 147 Å². The first-order valence-electron chi connectivity index (χ1n) is 31.9. The molecule has 0 unspecified atom stereocenters. The van der Waals surface area contributed by atoms with Crippen LogP contribution < -0.4 is 37.3 Å². The molecule has 10 nitrogen and oxygen atoms in total. The number of pyridine rings is 4. The third kappa shape index (κ3) is 11.9. The van der Waals surface area contributed by atoms with Gasteiger partial charge in [0.2, 0.25) is 0 Å². The lowest BCUT2D eigenvalue weighted by Crippen LogP contribution is -2.41. The quantitative estimate of drug-likeness (QED) is 0.0983. The number of aromatic nitrogens is 6. The summed E-state index contributed by atoms with van der Waals surface area (Å²) in [5.74, 6) is 0. The molecule has 97 heavy (non-hydrogen) atoms. The lowest BCUT2D eigenvalue weighted by Gasteiger charge is -2.32. The summed E-state index contributed by atoms with van der Waals surface area (Å²) in [6, 6.07) is 100. The van der Waals surface area contributed by atoms with Crippen LogP contribution in [-0.2, 0) is 18.4 Å². The van der Waals surface area contributed by atoms with Crippen LogP contribution in [0.25, 0.3) is 88.8 Å². The minimum absolute atomic E-state index is 0. The van der Waals surface area contributed by atoms with Crippen LogP contribution in [0.5, 0.6) is 0 Å². The van der Waals surface area contributed by atoms with Crippen molar-refractivity contribution >= 4 is 130 Å². The van der Waals surface area contributed by atoms with Gasteiger partial charge in [-0.15, -0.1) is 0 Å². The Hall–Kier alpha value is -10.2. The molecule has 0 amide bonds. The Morgan fingerprint density at radius 2 is 0.639 bits per heavy atom. The fraction of sp³-hybridized carbons (Fsp3) is 0.0843. The molecular formula is C83H68BBrN6O4P2. The summed E-state index contributed by atoms with van der Waals surface area (Å²) in [5.41, 5.74) is 11.7. The van der Waals surface area contributed by atoms with Crippen molar-refractivity contribution in [2.75, 3.05) is 0 Å². The van der Waals surface area contributed by atoms with Crippen LogP contribution in [0, 0.1) is 0 Å². The first kappa shape index (κ1) is 64.2. The second kappa shape index (κ2) is 26.5. The zero-order valence-corrected chi connectivity index (χ0v) is 56.6. The highest BCUT2D eigenvalue weighted by molar-refractivity contribution is 9.10. The van der Waals surface area contributed by atoms with Crippen LogP contribution in [0.1, 0.15) is 35.1 Å². The Balaban J connectivity index is 0.000000132. The second-order valence-corrected chi connectivity index (χ2v) is 31.3. The van der Waals surface area contributed by atoms with Gasteiger partial charge in [0.15, 0.2) is 25.6 Å². The van der Waals surface area contributed by atoms with E-state index in [1.54, 1.807) is 0 Å². The molecule has 17 rings (SSSR count). The highest BCUT2D eigenvalue weighted by atomic mass is 79.9. The van der Waals surface area contributed by atoms with Gasteiger partial charge in [0.1, 0.15) is 22.3 Å². The van der Waals surface area contributed by atoms with Crippen LogP contribution in [0.3, 0.4) is 0 Å². The summed E-state index contributed by atoms with van der Waals surface area (Å²) in [6.45, 7) is 8.29. The minimum Gasteiger partial charge on any atom is -0.399 e. The number of benzene rings is 10. The zero-order valence-electron chi connectivity index (χ0n) is 53.2. The maximum Gasteiger partial charge on any atom is 0.494 e. The minimum atomic E-state index is -3.01. The topological polar surface area (TPSA) is 113 Å². The third-order valence-corrected chi connectivity index (χ3v) is 25.1. The van der Waals surface area contributed by atoms with Crippen molar-refractivity contribution in [3.05, 3.63) is 320 Å². The molecule has 0 bridgehead atoms. The number of hydrogen-bond acceptors (Lipinski definition) is 8. The van der Waals surface area contributed by atoms with Crippen molar-refractivity contribution in [3.8, 4) is 33.6 Å². The van der Waals surface area contributed by atoms with E-state index in [4.69, 9.17) is 29.2 Å². The average molecular weight is 1370 g/mol. The Labute approximate surface area is 573 Å². The van der Waals surface area contributed by atoms with Crippen LogP contribution in [0.2, 0.25) is 0 Å². The van der Waals surface area contributed by atoms with Crippen LogP contribution >= 0.6 is 30.2 Å². The molecule has 7 heterocycles. The Morgan fingerprint density at radius 1 is 0.340 bits per heavy atom. The van der Waals surface area contributed by atoms with E-state index in [-0.39, 0.29) is 25.7 Å². The van der Waals surface area contributed by atoms with Crippen LogP contribution in [0.15, 0.2) is 320 Å². The molecule has 0 radical (unpaired) electrons. The zero-order chi connectivity index (χ0) is 65.6. The largest absolute Gasteiger partial charge is 0.494 e. The first-order valence-corrected chi connectivity index (χ1v) is 36.1. The van der Waals surface area contributed by atoms with Crippen molar-refractivity contribution in [2.24, 2.45) is 0 Å². The van der Waals surface area contributed by atoms with E-state index in [9.17, 15) is 9.13 Å². The number of fused-ring (bicyclic) bond motifs is 10. The molecule has 16 aromatic rings. The number of nitrogens with zero attached hydrogens (tertiary/aromatic N) is 6. The molecule has 0 saturated carbocycles. The number of halogens is 1. The van der Waals surface area contributed by atoms with Crippen molar-refractivity contribution in [2.45, 2.75) is 46.3 Å². The molecule has 1 saturated heterocycles. The fourth-order valence-corrected chi connectivity index (χ4v) is 18.2. The Kier molecular flexibility index (Phi) is 17.5. The molecule has 14 heteroatoms. The molecule has 1 aliphatic heterocycles.